The highest BCUT2D eigenvalue weighted by molar-refractivity contribution is 14.1. The van der Waals surface area contributed by atoms with Crippen LogP contribution in [0.15, 0.2) is 42.5 Å². The molecule has 1 aliphatic rings. The van der Waals surface area contributed by atoms with Crippen LogP contribution in [-0.4, -0.2) is 7.11 Å². The van der Waals surface area contributed by atoms with E-state index in [2.05, 4.69) is 59.0 Å². The largest absolute Gasteiger partial charge is 0.497 e. The molecular weight excluding hydrogens is 361 g/mol. The van der Waals surface area contributed by atoms with Crippen LogP contribution in [0.3, 0.4) is 0 Å². The monoisotopic (exact) mass is 379 g/mol. The normalized spacial score (nSPS) is 20.8. The molecule has 1 unspecified atom stereocenters. The molecule has 0 heterocycles. The number of benzene rings is 2. The Morgan fingerprint density at radius 3 is 2.65 bits per heavy atom. The number of ether oxygens (including phenoxy) is 1. The fourth-order valence-electron chi connectivity index (χ4n) is 3.01. The minimum atomic E-state index is -0.267. The Kier molecular flexibility index (Phi) is 3.73. The lowest BCUT2D eigenvalue weighted by Gasteiger charge is -2.26. The number of hydrogen-bond acceptors (Lipinski definition) is 2. The first-order valence-electron chi connectivity index (χ1n) is 6.81. The van der Waals surface area contributed by atoms with Gasteiger partial charge in [0.2, 0.25) is 0 Å². The summed E-state index contributed by atoms with van der Waals surface area (Å²) in [4.78, 5) is 0. The Morgan fingerprint density at radius 2 is 1.95 bits per heavy atom. The first kappa shape index (κ1) is 13.9. The molecule has 0 fully saturated rings. The fraction of sp³-hybridized carbons (Fsp3) is 0.294. The maximum Gasteiger partial charge on any atom is 0.119 e. The second kappa shape index (κ2) is 5.37. The number of nitrogens with two attached hydrogens (primary N) is 1. The van der Waals surface area contributed by atoms with Gasteiger partial charge in [-0.2, -0.15) is 0 Å². The van der Waals surface area contributed by atoms with E-state index < -0.39 is 0 Å². The Hall–Kier alpha value is -1.07. The van der Waals surface area contributed by atoms with Gasteiger partial charge in [-0.05, 0) is 82.8 Å². The molecule has 104 valence electrons. The summed E-state index contributed by atoms with van der Waals surface area (Å²) in [5, 5.41) is 0. The second-order valence-corrected chi connectivity index (χ2v) is 6.73. The van der Waals surface area contributed by atoms with Gasteiger partial charge in [0.25, 0.3) is 0 Å². The van der Waals surface area contributed by atoms with Gasteiger partial charge in [0, 0.05) is 9.11 Å². The predicted molar refractivity (Wildman–Crippen MR) is 90.0 cm³/mol. The third kappa shape index (κ3) is 2.56. The Morgan fingerprint density at radius 1 is 1.20 bits per heavy atom. The van der Waals surface area contributed by atoms with Gasteiger partial charge in [-0.25, -0.2) is 0 Å². The number of methoxy groups -OCH3 is 1. The third-order valence-electron chi connectivity index (χ3n) is 4.13. The average molecular weight is 379 g/mol. The molecule has 1 aliphatic carbocycles. The van der Waals surface area contributed by atoms with E-state index in [1.807, 2.05) is 6.07 Å². The molecule has 2 nitrogen and oxygen atoms in total. The molecule has 0 amide bonds. The van der Waals surface area contributed by atoms with Crippen LogP contribution in [0.4, 0.5) is 0 Å². The summed E-state index contributed by atoms with van der Waals surface area (Å²) in [7, 11) is 1.70. The Balaban J connectivity index is 1.93. The van der Waals surface area contributed by atoms with Crippen molar-refractivity contribution in [2.45, 2.75) is 24.8 Å². The van der Waals surface area contributed by atoms with Gasteiger partial charge in [-0.15, -0.1) is 0 Å². The minimum Gasteiger partial charge on any atom is -0.497 e. The molecule has 0 spiro atoms. The van der Waals surface area contributed by atoms with E-state index in [4.69, 9.17) is 10.5 Å². The van der Waals surface area contributed by atoms with E-state index in [-0.39, 0.29) is 5.54 Å². The quantitative estimate of drug-likeness (QED) is 0.827. The SMILES string of the molecule is COc1ccc2c(c1)C(N)(Cc1ccc(I)cc1)CC2. The van der Waals surface area contributed by atoms with Gasteiger partial charge in [0.1, 0.15) is 5.75 Å². The van der Waals surface area contributed by atoms with Crippen molar-refractivity contribution in [1.29, 1.82) is 0 Å². The molecule has 0 saturated heterocycles. The van der Waals surface area contributed by atoms with Crippen LogP contribution in [0.25, 0.3) is 0 Å². The topological polar surface area (TPSA) is 35.2 Å². The number of aryl methyl sites for hydroxylation is 1. The average Bonchev–Trinajstić information content (AvgIpc) is 2.78. The van der Waals surface area contributed by atoms with E-state index in [0.29, 0.717) is 0 Å². The molecule has 0 radical (unpaired) electrons. The summed E-state index contributed by atoms with van der Waals surface area (Å²) < 4.78 is 6.60. The van der Waals surface area contributed by atoms with Crippen LogP contribution < -0.4 is 10.5 Å². The van der Waals surface area contributed by atoms with Crippen molar-refractivity contribution in [3.8, 4) is 5.75 Å². The molecule has 2 aromatic carbocycles. The number of rotatable bonds is 3. The van der Waals surface area contributed by atoms with Crippen molar-refractivity contribution in [3.63, 3.8) is 0 Å². The summed E-state index contributed by atoms with van der Waals surface area (Å²) in [6.07, 6.45) is 2.94. The molecule has 2 aromatic rings. The van der Waals surface area contributed by atoms with Crippen molar-refractivity contribution >= 4 is 22.6 Å². The van der Waals surface area contributed by atoms with Gasteiger partial charge < -0.3 is 10.5 Å². The number of hydrogen-bond donors (Lipinski definition) is 1. The maximum atomic E-state index is 6.71. The molecule has 3 heteroatoms. The minimum absolute atomic E-state index is 0.267. The van der Waals surface area contributed by atoms with Gasteiger partial charge in [0.05, 0.1) is 7.11 Å². The molecule has 0 aromatic heterocycles. The lowest BCUT2D eigenvalue weighted by molar-refractivity contribution is 0.407. The highest BCUT2D eigenvalue weighted by Crippen LogP contribution is 2.39. The molecule has 0 saturated carbocycles. The molecule has 0 bridgehead atoms. The van der Waals surface area contributed by atoms with E-state index in [1.54, 1.807) is 7.11 Å². The van der Waals surface area contributed by atoms with Crippen LogP contribution in [0.2, 0.25) is 0 Å². The molecule has 1 atom stereocenters. The van der Waals surface area contributed by atoms with Crippen molar-refractivity contribution < 1.29 is 4.74 Å². The lowest BCUT2D eigenvalue weighted by atomic mass is 9.86. The summed E-state index contributed by atoms with van der Waals surface area (Å²) in [5.41, 5.74) is 10.3. The van der Waals surface area contributed by atoms with Crippen molar-refractivity contribution in [2.75, 3.05) is 7.11 Å². The van der Waals surface area contributed by atoms with Crippen molar-refractivity contribution in [1.82, 2.24) is 0 Å². The summed E-state index contributed by atoms with van der Waals surface area (Å²) in [6, 6.07) is 14.9. The van der Waals surface area contributed by atoms with Gasteiger partial charge in [-0.1, -0.05) is 18.2 Å². The lowest BCUT2D eigenvalue weighted by Crippen LogP contribution is -2.36. The summed E-state index contributed by atoms with van der Waals surface area (Å²) in [6.45, 7) is 0. The number of halogens is 1. The third-order valence-corrected chi connectivity index (χ3v) is 4.85. The van der Waals surface area contributed by atoms with Crippen LogP contribution >= 0.6 is 22.6 Å². The number of fused-ring (bicyclic) bond motifs is 1. The predicted octanol–water partition coefficient (Wildman–Crippen LogP) is 3.64. The van der Waals surface area contributed by atoms with E-state index in [9.17, 15) is 0 Å². The van der Waals surface area contributed by atoms with Crippen LogP contribution in [0.5, 0.6) is 5.75 Å². The van der Waals surface area contributed by atoms with Crippen molar-refractivity contribution in [3.05, 3.63) is 62.7 Å². The molecule has 2 N–H and O–H groups in total. The summed E-state index contributed by atoms with van der Waals surface area (Å²) >= 11 is 2.33. The van der Waals surface area contributed by atoms with Gasteiger partial charge >= 0.3 is 0 Å². The Labute approximate surface area is 133 Å². The second-order valence-electron chi connectivity index (χ2n) is 5.48. The first-order valence-corrected chi connectivity index (χ1v) is 7.89. The zero-order valence-electron chi connectivity index (χ0n) is 11.5. The smallest absolute Gasteiger partial charge is 0.119 e. The van der Waals surface area contributed by atoms with E-state index >= 15 is 0 Å². The zero-order valence-corrected chi connectivity index (χ0v) is 13.7. The van der Waals surface area contributed by atoms with E-state index in [1.165, 1.54) is 20.3 Å². The molecular formula is C17H18INO. The zero-order chi connectivity index (χ0) is 14.2. The maximum absolute atomic E-state index is 6.71. The first-order chi connectivity index (χ1) is 9.60. The Bertz CT molecular complexity index is 623. The molecule has 0 aliphatic heterocycles. The fourth-order valence-corrected chi connectivity index (χ4v) is 3.37. The van der Waals surface area contributed by atoms with Crippen LogP contribution in [-0.2, 0) is 18.4 Å². The van der Waals surface area contributed by atoms with Gasteiger partial charge in [0.15, 0.2) is 0 Å². The molecule has 20 heavy (non-hydrogen) atoms. The standard InChI is InChI=1S/C17H18INO/c1-20-15-7-4-13-8-9-17(19,16(13)10-15)11-12-2-5-14(18)6-3-12/h2-7,10H,8-9,11,19H2,1H3. The van der Waals surface area contributed by atoms with Gasteiger partial charge in [-0.3, -0.25) is 0 Å². The highest BCUT2D eigenvalue weighted by Gasteiger charge is 2.35. The van der Waals surface area contributed by atoms with Crippen LogP contribution in [0.1, 0.15) is 23.1 Å². The van der Waals surface area contributed by atoms with Crippen LogP contribution in [0, 0.1) is 3.57 Å². The highest BCUT2D eigenvalue weighted by atomic mass is 127. The van der Waals surface area contributed by atoms with E-state index in [0.717, 1.165) is 25.0 Å². The van der Waals surface area contributed by atoms with Crippen molar-refractivity contribution in [2.24, 2.45) is 5.73 Å². The molecule has 3 rings (SSSR count). The summed E-state index contributed by atoms with van der Waals surface area (Å²) in [5.74, 6) is 0.892.